The Bertz CT molecular complexity index is 280. The van der Waals surface area contributed by atoms with Gasteiger partial charge in [0.2, 0.25) is 11.3 Å². The molecule has 1 heterocycles. The highest BCUT2D eigenvalue weighted by Crippen LogP contribution is 2.11. The molecule has 0 bridgehead atoms. The van der Waals surface area contributed by atoms with Gasteiger partial charge in [0.15, 0.2) is 10.7 Å². The molecule has 1 aliphatic rings. The van der Waals surface area contributed by atoms with Crippen LogP contribution >= 0.6 is 0 Å². The number of piperidine rings is 1. The van der Waals surface area contributed by atoms with Crippen molar-refractivity contribution in [2.75, 3.05) is 13.1 Å². The zero-order valence-corrected chi connectivity index (χ0v) is 8.02. The van der Waals surface area contributed by atoms with Gasteiger partial charge in [-0.25, -0.2) is 0 Å². The number of likely N-dealkylation sites (tertiary alicyclic amines) is 1. The van der Waals surface area contributed by atoms with Crippen LogP contribution in [0, 0.1) is 5.39 Å². The molecule has 0 radical (unpaired) electrons. The molecule has 1 fully saturated rings. The van der Waals surface area contributed by atoms with Gasteiger partial charge in [-0.3, -0.25) is 4.79 Å². The first-order valence-corrected chi connectivity index (χ1v) is 4.74. The number of hydrogen-bond donors (Lipinski definition) is 1. The highest BCUT2D eigenvalue weighted by atomic mass is 16.3. The Hall–Kier alpha value is -1.57. The van der Waals surface area contributed by atoms with E-state index < -0.39 is 0 Å². The van der Waals surface area contributed by atoms with E-state index >= 15 is 0 Å². The Balaban J connectivity index is 2.33. The normalized spacial score (nSPS) is 18.1. The van der Waals surface area contributed by atoms with Crippen LogP contribution in [0.4, 0.5) is 0 Å². The fourth-order valence-electron chi connectivity index (χ4n) is 1.48. The molecule has 1 N–H and O–H groups in total. The monoisotopic (exact) mass is 196 g/mol. The minimum absolute atomic E-state index is 0.00845. The first kappa shape index (κ1) is 10.5. The van der Waals surface area contributed by atoms with Gasteiger partial charge in [0.25, 0.3) is 0 Å². The molecule has 5 nitrogen and oxygen atoms in total. The van der Waals surface area contributed by atoms with E-state index in [2.05, 4.69) is 4.98 Å². The number of amides is 1. The maximum absolute atomic E-state index is 11.3. The van der Waals surface area contributed by atoms with Crippen molar-refractivity contribution in [2.24, 2.45) is 0 Å². The maximum Gasteiger partial charge on any atom is 0.387 e. The summed E-state index contributed by atoms with van der Waals surface area (Å²) in [4.78, 5) is 15.7. The van der Waals surface area contributed by atoms with E-state index in [0.29, 0.717) is 19.4 Å². The summed E-state index contributed by atoms with van der Waals surface area (Å²) in [5, 5.41) is 17.3. The molecule has 1 amide bonds. The number of hydrogen-bond acceptors (Lipinski definition) is 3. The molecule has 1 rings (SSSR count). The third kappa shape index (κ3) is 3.05. The van der Waals surface area contributed by atoms with Crippen molar-refractivity contribution in [1.29, 1.82) is 5.39 Å². The van der Waals surface area contributed by atoms with Crippen LogP contribution in [0.5, 0.6) is 0 Å². The Labute approximate surface area is 82.6 Å². The molecule has 76 valence electrons. The van der Waals surface area contributed by atoms with Crippen molar-refractivity contribution in [2.45, 2.75) is 25.7 Å². The largest absolute Gasteiger partial charge is 0.505 e. The maximum atomic E-state index is 11.3. The van der Waals surface area contributed by atoms with Gasteiger partial charge in [-0.05, 0) is 12.8 Å². The van der Waals surface area contributed by atoms with Crippen LogP contribution < -0.4 is 0 Å². The molecule has 1 aliphatic heterocycles. The summed E-state index contributed by atoms with van der Waals surface area (Å²) in [6.45, 7) is 1.26. The zero-order chi connectivity index (χ0) is 10.4. The number of aliphatic hydroxyl groups excluding tert-OH is 1. The number of aliphatic hydroxyl groups is 1. The SMILES string of the molecule is N#[N+]/C=C(/O)CCN1CCCCC1=O. The van der Waals surface area contributed by atoms with Crippen molar-refractivity contribution in [1.82, 2.24) is 4.90 Å². The number of diazo groups is 1. The average molecular weight is 196 g/mol. The second-order valence-corrected chi connectivity index (χ2v) is 3.32. The Kier molecular flexibility index (Phi) is 3.92. The first-order valence-electron chi connectivity index (χ1n) is 4.74. The van der Waals surface area contributed by atoms with E-state index in [4.69, 9.17) is 10.5 Å². The minimum Gasteiger partial charge on any atom is -0.505 e. The molecular weight excluding hydrogens is 182 g/mol. The average Bonchev–Trinajstić information content (AvgIpc) is 2.17. The molecule has 0 atom stereocenters. The van der Waals surface area contributed by atoms with Gasteiger partial charge in [-0.2, -0.15) is 0 Å². The highest BCUT2D eigenvalue weighted by Gasteiger charge is 2.17. The molecule has 0 aromatic carbocycles. The standard InChI is InChI=1S/C9H13N3O2/c10-11-7-8(13)4-6-12-5-2-1-3-9(12)14/h7H,1-6H2/p+1/b8-7+. The van der Waals surface area contributed by atoms with E-state index in [9.17, 15) is 4.79 Å². The van der Waals surface area contributed by atoms with Crippen LogP contribution in [0.15, 0.2) is 12.0 Å². The summed E-state index contributed by atoms with van der Waals surface area (Å²) in [6, 6.07) is 0. The van der Waals surface area contributed by atoms with Crippen molar-refractivity contribution >= 4 is 5.91 Å². The van der Waals surface area contributed by atoms with Crippen LogP contribution in [0.2, 0.25) is 0 Å². The fraction of sp³-hybridized carbons (Fsp3) is 0.667. The molecule has 14 heavy (non-hydrogen) atoms. The van der Waals surface area contributed by atoms with Crippen molar-refractivity contribution in [3.05, 3.63) is 16.9 Å². The summed E-state index contributed by atoms with van der Waals surface area (Å²) in [5.41, 5.74) is 0. The molecule has 5 heteroatoms. The van der Waals surface area contributed by atoms with Crippen molar-refractivity contribution in [3.8, 4) is 0 Å². The first-order chi connectivity index (χ1) is 6.74. The minimum atomic E-state index is -0.00845. The molecular formula is C9H14N3O2+. The van der Waals surface area contributed by atoms with Gasteiger partial charge in [0.05, 0.1) is 0 Å². The van der Waals surface area contributed by atoms with E-state index in [1.807, 2.05) is 0 Å². The van der Waals surface area contributed by atoms with Crippen LogP contribution in [0.3, 0.4) is 0 Å². The lowest BCUT2D eigenvalue weighted by Crippen LogP contribution is -2.36. The van der Waals surface area contributed by atoms with Crippen LogP contribution in [0.1, 0.15) is 25.7 Å². The molecule has 0 spiro atoms. The molecule has 0 unspecified atom stereocenters. The lowest BCUT2D eigenvalue weighted by Gasteiger charge is -2.26. The number of carbonyl (C=O) groups excluding carboxylic acids is 1. The van der Waals surface area contributed by atoms with E-state index in [1.165, 1.54) is 0 Å². The predicted molar refractivity (Wildman–Crippen MR) is 50.8 cm³/mol. The zero-order valence-electron chi connectivity index (χ0n) is 8.02. The summed E-state index contributed by atoms with van der Waals surface area (Å²) in [7, 11) is 0. The summed E-state index contributed by atoms with van der Waals surface area (Å²) in [5.74, 6) is 0.135. The van der Waals surface area contributed by atoms with Crippen molar-refractivity contribution in [3.63, 3.8) is 0 Å². The smallest absolute Gasteiger partial charge is 0.387 e. The Morgan fingerprint density at radius 1 is 1.64 bits per heavy atom. The van der Waals surface area contributed by atoms with Crippen molar-refractivity contribution < 1.29 is 9.90 Å². The van der Waals surface area contributed by atoms with Crippen LogP contribution in [0.25, 0.3) is 4.98 Å². The summed E-state index contributed by atoms with van der Waals surface area (Å²) in [6.07, 6.45) is 3.92. The van der Waals surface area contributed by atoms with Gasteiger partial charge in [0.1, 0.15) is 0 Å². The Morgan fingerprint density at radius 2 is 2.43 bits per heavy atom. The van der Waals surface area contributed by atoms with Gasteiger partial charge in [-0.1, -0.05) is 0 Å². The van der Waals surface area contributed by atoms with E-state index in [-0.39, 0.29) is 11.7 Å². The second kappa shape index (κ2) is 5.22. The highest BCUT2D eigenvalue weighted by molar-refractivity contribution is 5.76. The Morgan fingerprint density at radius 3 is 3.07 bits per heavy atom. The number of rotatable bonds is 3. The summed E-state index contributed by atoms with van der Waals surface area (Å²) < 4.78 is 0. The quantitative estimate of drug-likeness (QED) is 0.551. The lowest BCUT2D eigenvalue weighted by molar-refractivity contribution is -0.133. The molecule has 0 aliphatic carbocycles. The number of carbonyl (C=O) groups is 1. The topological polar surface area (TPSA) is 68.7 Å². The molecule has 0 aromatic rings. The van der Waals surface area contributed by atoms with Gasteiger partial charge in [-0.15, -0.1) is 0 Å². The molecule has 0 saturated carbocycles. The predicted octanol–water partition coefficient (Wildman–Crippen LogP) is 1.64. The van der Waals surface area contributed by atoms with Crippen LogP contribution in [-0.4, -0.2) is 29.0 Å². The molecule has 0 aromatic heterocycles. The summed E-state index contributed by atoms with van der Waals surface area (Å²) >= 11 is 0. The van der Waals surface area contributed by atoms with E-state index in [0.717, 1.165) is 25.6 Å². The third-order valence-electron chi connectivity index (χ3n) is 2.27. The second-order valence-electron chi connectivity index (χ2n) is 3.32. The van der Waals surface area contributed by atoms with E-state index in [1.54, 1.807) is 4.90 Å². The third-order valence-corrected chi connectivity index (χ3v) is 2.27. The fourth-order valence-corrected chi connectivity index (χ4v) is 1.48. The van der Waals surface area contributed by atoms with Gasteiger partial charge < -0.3 is 10.0 Å². The van der Waals surface area contributed by atoms with Gasteiger partial charge >= 0.3 is 6.20 Å². The lowest BCUT2D eigenvalue weighted by atomic mass is 10.1. The van der Waals surface area contributed by atoms with Crippen LogP contribution in [-0.2, 0) is 4.79 Å². The molecule has 1 saturated heterocycles. The number of nitrogens with zero attached hydrogens (tertiary/aromatic N) is 3. The van der Waals surface area contributed by atoms with Gasteiger partial charge in [0, 0.05) is 25.9 Å².